The number of aliphatic hydroxyl groups is 1. The van der Waals surface area contributed by atoms with Gasteiger partial charge in [0.15, 0.2) is 5.96 Å². The van der Waals surface area contributed by atoms with E-state index >= 15 is 0 Å². The Morgan fingerprint density at radius 1 is 1.29 bits per heavy atom. The molecule has 1 amide bonds. The smallest absolute Gasteiger partial charge is 0.242 e. The summed E-state index contributed by atoms with van der Waals surface area (Å²) in [6.07, 6.45) is 0.932. The van der Waals surface area contributed by atoms with Crippen molar-refractivity contribution in [1.29, 1.82) is 0 Å². The molecule has 1 aromatic heterocycles. The maximum absolute atomic E-state index is 12.5. The van der Waals surface area contributed by atoms with Gasteiger partial charge in [0.1, 0.15) is 0 Å². The number of hydrogen-bond donors (Lipinski definition) is 3. The number of nitrogens with zero attached hydrogens (tertiary/aromatic N) is 2. The number of aliphatic imine (C=N–C) groups is 1. The predicted octanol–water partition coefficient (Wildman–Crippen LogP) is 2.19. The molecule has 6 nitrogen and oxygen atoms in total. The van der Waals surface area contributed by atoms with Gasteiger partial charge < -0.3 is 20.6 Å². The van der Waals surface area contributed by atoms with Crippen molar-refractivity contribution in [2.75, 3.05) is 33.3 Å². The number of fused-ring (bicyclic) bond motifs is 1. The lowest BCUT2D eigenvalue weighted by Gasteiger charge is -2.27. The van der Waals surface area contributed by atoms with Crippen molar-refractivity contribution < 1.29 is 9.90 Å². The van der Waals surface area contributed by atoms with Crippen molar-refractivity contribution in [1.82, 2.24) is 15.5 Å². The highest BCUT2D eigenvalue weighted by Crippen LogP contribution is 2.23. The summed E-state index contributed by atoms with van der Waals surface area (Å²) >= 11 is 1.77. The molecule has 1 aromatic carbocycles. The molecule has 28 heavy (non-hydrogen) atoms. The van der Waals surface area contributed by atoms with Crippen molar-refractivity contribution in [2.24, 2.45) is 4.99 Å². The summed E-state index contributed by atoms with van der Waals surface area (Å²) in [5, 5.41) is 18.0. The molecule has 0 fully saturated rings. The first-order valence-electron chi connectivity index (χ1n) is 9.14. The third-order valence-electron chi connectivity index (χ3n) is 4.80. The molecule has 2 aromatic rings. The fourth-order valence-corrected chi connectivity index (χ4v) is 4.08. The van der Waals surface area contributed by atoms with Crippen molar-refractivity contribution in [3.8, 4) is 0 Å². The minimum absolute atomic E-state index is 0. The standard InChI is InChI=1S/C20H26N4O2S.HI/c1-21-20(22-11-17(14-25)15-5-3-2-4-6-15)23-12-19(26)24-9-7-18-16(13-24)8-10-27-18;/h2-6,8,10,17,25H,7,9,11-14H2,1H3,(H2,21,22,23);1H. The Bertz CT molecular complexity index is 782. The summed E-state index contributed by atoms with van der Waals surface area (Å²) in [4.78, 5) is 20.0. The van der Waals surface area contributed by atoms with E-state index in [1.165, 1.54) is 10.4 Å². The molecule has 0 saturated heterocycles. The van der Waals surface area contributed by atoms with E-state index in [1.54, 1.807) is 18.4 Å². The Hall–Kier alpha value is -1.65. The van der Waals surface area contributed by atoms with E-state index in [9.17, 15) is 9.90 Å². The zero-order chi connectivity index (χ0) is 19.1. The number of benzene rings is 1. The molecule has 0 aliphatic carbocycles. The highest BCUT2D eigenvalue weighted by atomic mass is 127. The Labute approximate surface area is 187 Å². The maximum atomic E-state index is 12.5. The van der Waals surface area contributed by atoms with Crippen LogP contribution in [-0.4, -0.2) is 55.2 Å². The van der Waals surface area contributed by atoms with Crippen LogP contribution in [0.25, 0.3) is 0 Å². The highest BCUT2D eigenvalue weighted by molar-refractivity contribution is 14.0. The number of nitrogens with one attached hydrogen (secondary N) is 2. The number of amides is 1. The molecule has 0 saturated carbocycles. The van der Waals surface area contributed by atoms with Gasteiger partial charge in [-0.05, 0) is 29.0 Å². The number of halogens is 1. The molecule has 2 heterocycles. The molecule has 1 aliphatic rings. The van der Waals surface area contributed by atoms with Crippen molar-refractivity contribution >= 4 is 47.2 Å². The van der Waals surface area contributed by atoms with Gasteiger partial charge in [-0.3, -0.25) is 9.79 Å². The van der Waals surface area contributed by atoms with Crippen LogP contribution in [0.2, 0.25) is 0 Å². The Morgan fingerprint density at radius 2 is 2.07 bits per heavy atom. The molecule has 0 spiro atoms. The summed E-state index contributed by atoms with van der Waals surface area (Å²) in [6.45, 7) is 2.24. The van der Waals surface area contributed by atoms with Crippen molar-refractivity contribution in [3.05, 3.63) is 57.8 Å². The SMILES string of the molecule is CN=C(NCC(=O)N1CCc2sccc2C1)NCC(CO)c1ccccc1.I. The van der Waals surface area contributed by atoms with E-state index in [0.717, 1.165) is 18.5 Å². The molecule has 152 valence electrons. The van der Waals surface area contributed by atoms with Crippen LogP contribution in [0, 0.1) is 0 Å². The first-order valence-corrected chi connectivity index (χ1v) is 10.0. The van der Waals surface area contributed by atoms with Crippen LogP contribution in [0.5, 0.6) is 0 Å². The van der Waals surface area contributed by atoms with Crippen molar-refractivity contribution in [2.45, 2.75) is 18.9 Å². The van der Waals surface area contributed by atoms with Crippen LogP contribution in [0.1, 0.15) is 21.9 Å². The van der Waals surface area contributed by atoms with Gasteiger partial charge in [-0.2, -0.15) is 0 Å². The zero-order valence-electron chi connectivity index (χ0n) is 15.9. The quantitative estimate of drug-likeness (QED) is 0.314. The predicted molar refractivity (Wildman–Crippen MR) is 124 cm³/mol. The van der Waals surface area contributed by atoms with Crippen LogP contribution in [0.15, 0.2) is 46.8 Å². The van der Waals surface area contributed by atoms with Gasteiger partial charge in [-0.1, -0.05) is 30.3 Å². The average Bonchev–Trinajstić information content (AvgIpc) is 3.19. The first-order chi connectivity index (χ1) is 13.2. The Morgan fingerprint density at radius 3 is 2.79 bits per heavy atom. The average molecular weight is 514 g/mol. The molecular weight excluding hydrogens is 487 g/mol. The molecule has 3 rings (SSSR count). The van der Waals surface area contributed by atoms with Crippen LogP contribution in [0.4, 0.5) is 0 Å². The summed E-state index contributed by atoms with van der Waals surface area (Å²) in [7, 11) is 1.68. The highest BCUT2D eigenvalue weighted by Gasteiger charge is 2.21. The number of hydrogen-bond acceptors (Lipinski definition) is 4. The minimum Gasteiger partial charge on any atom is -0.396 e. The third kappa shape index (κ3) is 5.92. The van der Waals surface area contributed by atoms with Gasteiger partial charge in [0.2, 0.25) is 5.91 Å². The number of rotatable bonds is 6. The molecule has 3 N–H and O–H groups in total. The zero-order valence-corrected chi connectivity index (χ0v) is 19.1. The molecule has 0 radical (unpaired) electrons. The first kappa shape index (κ1) is 22.6. The topological polar surface area (TPSA) is 77.0 Å². The van der Waals surface area contributed by atoms with Crippen LogP contribution in [-0.2, 0) is 17.8 Å². The fourth-order valence-electron chi connectivity index (χ4n) is 3.19. The van der Waals surface area contributed by atoms with Crippen LogP contribution >= 0.6 is 35.3 Å². The molecular formula is C20H27IN4O2S. The van der Waals surface area contributed by atoms with Gasteiger partial charge in [0.05, 0.1) is 13.2 Å². The number of thiophene rings is 1. The van der Waals surface area contributed by atoms with E-state index < -0.39 is 0 Å². The van der Waals surface area contributed by atoms with E-state index in [4.69, 9.17) is 0 Å². The lowest BCUT2D eigenvalue weighted by Crippen LogP contribution is -2.46. The number of aliphatic hydroxyl groups excluding tert-OH is 1. The van der Waals surface area contributed by atoms with E-state index in [2.05, 4.69) is 27.1 Å². The van der Waals surface area contributed by atoms with E-state index in [-0.39, 0.29) is 49.0 Å². The molecule has 0 bridgehead atoms. The minimum atomic E-state index is -0.0282. The van der Waals surface area contributed by atoms with Crippen molar-refractivity contribution in [3.63, 3.8) is 0 Å². The normalized spacial score (nSPS) is 14.6. The molecule has 1 aliphatic heterocycles. The van der Waals surface area contributed by atoms with Gasteiger partial charge in [-0.25, -0.2) is 0 Å². The largest absolute Gasteiger partial charge is 0.396 e. The monoisotopic (exact) mass is 514 g/mol. The van der Waals surface area contributed by atoms with Crippen LogP contribution < -0.4 is 10.6 Å². The lowest BCUT2D eigenvalue weighted by molar-refractivity contribution is -0.130. The second-order valence-electron chi connectivity index (χ2n) is 6.53. The summed E-state index contributed by atoms with van der Waals surface area (Å²) in [5.41, 5.74) is 2.33. The third-order valence-corrected chi connectivity index (χ3v) is 5.82. The molecule has 8 heteroatoms. The molecule has 1 unspecified atom stereocenters. The van der Waals surface area contributed by atoms with Gasteiger partial charge in [-0.15, -0.1) is 35.3 Å². The van der Waals surface area contributed by atoms with Gasteiger partial charge in [0, 0.05) is 37.5 Å². The van der Waals surface area contributed by atoms with Crippen LogP contribution in [0.3, 0.4) is 0 Å². The summed E-state index contributed by atoms with van der Waals surface area (Å²) in [6, 6.07) is 12.0. The van der Waals surface area contributed by atoms with E-state index in [1.807, 2.05) is 35.2 Å². The Kier molecular flexibility index (Phi) is 9.20. The summed E-state index contributed by atoms with van der Waals surface area (Å²) < 4.78 is 0. The second-order valence-corrected chi connectivity index (χ2v) is 7.53. The fraction of sp³-hybridized carbons (Fsp3) is 0.400. The van der Waals surface area contributed by atoms with E-state index in [0.29, 0.717) is 19.0 Å². The maximum Gasteiger partial charge on any atom is 0.242 e. The lowest BCUT2D eigenvalue weighted by atomic mass is 10.0. The molecule has 1 atom stereocenters. The number of carbonyl (C=O) groups excluding carboxylic acids is 1. The van der Waals surface area contributed by atoms with Gasteiger partial charge in [0.25, 0.3) is 0 Å². The Balaban J connectivity index is 0.00000280. The van der Waals surface area contributed by atoms with Gasteiger partial charge >= 0.3 is 0 Å². The second kappa shape index (κ2) is 11.4. The summed E-state index contributed by atoms with van der Waals surface area (Å²) in [5.74, 6) is 0.599. The number of guanidine groups is 1. The number of carbonyl (C=O) groups is 1.